The van der Waals surface area contributed by atoms with E-state index in [1.165, 1.54) is 6.08 Å². The zero-order valence-electron chi connectivity index (χ0n) is 9.90. The summed E-state index contributed by atoms with van der Waals surface area (Å²) in [5.74, 6) is 1.27. The lowest BCUT2D eigenvalue weighted by molar-refractivity contribution is -0.107. The van der Waals surface area contributed by atoms with Gasteiger partial charge in [0.15, 0.2) is 11.5 Å². The van der Waals surface area contributed by atoms with Crippen LogP contribution in [0.25, 0.3) is 6.08 Å². The third-order valence-corrected chi connectivity index (χ3v) is 2.20. The number of para-hydroxylation sites is 1. The van der Waals surface area contributed by atoms with Crippen LogP contribution in [0.15, 0.2) is 24.3 Å². The Labute approximate surface area is 106 Å². The molecule has 0 amide bonds. The van der Waals surface area contributed by atoms with Gasteiger partial charge in [0.1, 0.15) is 0 Å². The molecule has 0 aliphatic rings. The highest BCUT2D eigenvalue weighted by atomic mass is 35.5. The molecule has 0 saturated heterocycles. The van der Waals surface area contributed by atoms with Crippen molar-refractivity contribution in [3.8, 4) is 11.5 Å². The van der Waals surface area contributed by atoms with E-state index in [1.807, 2.05) is 25.1 Å². The average Bonchev–Trinajstić information content (AvgIpc) is 2.33. The van der Waals surface area contributed by atoms with Crippen LogP contribution in [-0.4, -0.2) is 19.0 Å². The van der Waals surface area contributed by atoms with Crippen LogP contribution in [0.3, 0.4) is 0 Å². The van der Waals surface area contributed by atoms with Crippen molar-refractivity contribution in [2.45, 2.75) is 13.3 Å². The maximum atomic E-state index is 10.7. The van der Waals surface area contributed by atoms with Crippen LogP contribution in [0.4, 0.5) is 0 Å². The molecule has 0 spiro atoms. The van der Waals surface area contributed by atoms with Crippen molar-refractivity contribution in [1.29, 1.82) is 0 Å². The normalized spacial score (nSPS) is 10.5. The first-order valence-corrected chi connectivity index (χ1v) is 5.74. The van der Waals surface area contributed by atoms with E-state index in [4.69, 9.17) is 21.1 Å². The fourth-order valence-corrected chi connectivity index (χ4v) is 1.40. The van der Waals surface area contributed by atoms with E-state index >= 15 is 0 Å². The highest BCUT2D eigenvalue weighted by Crippen LogP contribution is 2.32. The summed E-state index contributed by atoms with van der Waals surface area (Å²) < 4.78 is 10.8. The molecule has 3 nitrogen and oxygen atoms in total. The maximum Gasteiger partial charge on any atom is 0.245 e. The van der Waals surface area contributed by atoms with Crippen LogP contribution in [-0.2, 0) is 4.79 Å². The van der Waals surface area contributed by atoms with E-state index in [2.05, 4.69) is 0 Å². The molecule has 0 unspecified atom stereocenters. The summed E-state index contributed by atoms with van der Waals surface area (Å²) in [5.41, 5.74) is 0.770. The van der Waals surface area contributed by atoms with Crippen LogP contribution < -0.4 is 9.47 Å². The highest BCUT2D eigenvalue weighted by molar-refractivity contribution is 6.66. The fraction of sp³-hybridized carbons (Fsp3) is 0.308. The molecule has 4 heteroatoms. The third-order valence-electron chi connectivity index (χ3n) is 2.07. The van der Waals surface area contributed by atoms with Crippen molar-refractivity contribution in [3.05, 3.63) is 29.8 Å². The molecule has 0 fully saturated rings. The Bertz CT molecular complexity index is 413. The summed E-state index contributed by atoms with van der Waals surface area (Å²) in [6, 6.07) is 5.48. The highest BCUT2D eigenvalue weighted by Gasteiger charge is 2.08. The van der Waals surface area contributed by atoms with E-state index in [0.29, 0.717) is 18.1 Å². The monoisotopic (exact) mass is 254 g/mol. The molecule has 0 N–H and O–H groups in total. The lowest BCUT2D eigenvalue weighted by Gasteiger charge is -2.12. The second kappa shape index (κ2) is 6.97. The van der Waals surface area contributed by atoms with Gasteiger partial charge in [-0.05, 0) is 36.2 Å². The van der Waals surface area contributed by atoms with Gasteiger partial charge in [-0.2, -0.15) is 0 Å². The minimum atomic E-state index is -0.519. The van der Waals surface area contributed by atoms with Gasteiger partial charge in [0.05, 0.1) is 13.7 Å². The van der Waals surface area contributed by atoms with E-state index in [9.17, 15) is 4.79 Å². The number of carbonyl (C=O) groups is 1. The Kier molecular flexibility index (Phi) is 5.57. The number of methoxy groups -OCH3 is 1. The molecule has 0 heterocycles. The fourth-order valence-electron chi connectivity index (χ4n) is 1.34. The molecule has 17 heavy (non-hydrogen) atoms. The van der Waals surface area contributed by atoms with Crippen LogP contribution in [0, 0.1) is 0 Å². The van der Waals surface area contributed by atoms with E-state index in [1.54, 1.807) is 13.2 Å². The molecule has 0 atom stereocenters. The van der Waals surface area contributed by atoms with Gasteiger partial charge in [0, 0.05) is 5.56 Å². The second-order valence-electron chi connectivity index (χ2n) is 3.36. The number of rotatable bonds is 6. The molecule has 0 aliphatic carbocycles. The predicted molar refractivity (Wildman–Crippen MR) is 68.7 cm³/mol. The maximum absolute atomic E-state index is 10.7. The molecule has 0 aliphatic heterocycles. The summed E-state index contributed by atoms with van der Waals surface area (Å²) in [6.07, 6.45) is 3.80. The van der Waals surface area contributed by atoms with Gasteiger partial charge in [-0.3, -0.25) is 4.79 Å². The Morgan fingerprint density at radius 3 is 2.82 bits per heavy atom. The topological polar surface area (TPSA) is 35.5 Å². The quantitative estimate of drug-likeness (QED) is 0.577. The van der Waals surface area contributed by atoms with E-state index < -0.39 is 5.24 Å². The summed E-state index contributed by atoms with van der Waals surface area (Å²) in [4.78, 5) is 10.7. The van der Waals surface area contributed by atoms with Gasteiger partial charge in [-0.15, -0.1) is 0 Å². The molecule has 0 aromatic heterocycles. The average molecular weight is 255 g/mol. The van der Waals surface area contributed by atoms with Crippen molar-refractivity contribution in [1.82, 2.24) is 0 Å². The van der Waals surface area contributed by atoms with E-state index in [0.717, 1.165) is 12.0 Å². The number of carbonyl (C=O) groups excluding carboxylic acids is 1. The van der Waals surface area contributed by atoms with E-state index in [-0.39, 0.29) is 0 Å². The minimum absolute atomic E-state index is 0.519. The van der Waals surface area contributed by atoms with Crippen LogP contribution in [0.5, 0.6) is 11.5 Å². The van der Waals surface area contributed by atoms with Crippen molar-refractivity contribution >= 4 is 22.9 Å². The first-order chi connectivity index (χ1) is 8.19. The van der Waals surface area contributed by atoms with Crippen LogP contribution in [0.1, 0.15) is 18.9 Å². The second-order valence-corrected chi connectivity index (χ2v) is 3.74. The first-order valence-electron chi connectivity index (χ1n) is 5.36. The number of benzene rings is 1. The first kappa shape index (κ1) is 13.6. The van der Waals surface area contributed by atoms with Crippen LogP contribution in [0.2, 0.25) is 0 Å². The summed E-state index contributed by atoms with van der Waals surface area (Å²) >= 11 is 5.26. The van der Waals surface area contributed by atoms with Gasteiger partial charge in [-0.1, -0.05) is 19.1 Å². The van der Waals surface area contributed by atoms with Crippen molar-refractivity contribution < 1.29 is 14.3 Å². The predicted octanol–water partition coefficient (Wildman–Crippen LogP) is 3.26. The zero-order chi connectivity index (χ0) is 12.7. The Balaban J connectivity index is 3.05. The van der Waals surface area contributed by atoms with Gasteiger partial charge in [0.2, 0.25) is 5.24 Å². The lowest BCUT2D eigenvalue weighted by atomic mass is 10.1. The van der Waals surface area contributed by atoms with Crippen molar-refractivity contribution in [3.63, 3.8) is 0 Å². The molecule has 1 rings (SSSR count). The molecule has 0 radical (unpaired) electrons. The standard InChI is InChI=1S/C13H15ClO3/c1-3-9-17-13-10(7-8-12(14)15)5-4-6-11(13)16-2/h4-8H,3,9H2,1-2H3/b8-7+. The third kappa shape index (κ3) is 4.11. The number of hydrogen-bond acceptors (Lipinski definition) is 3. The number of halogens is 1. The molecule has 1 aromatic carbocycles. The number of ether oxygens (including phenoxy) is 2. The zero-order valence-corrected chi connectivity index (χ0v) is 10.7. The largest absolute Gasteiger partial charge is 0.493 e. The minimum Gasteiger partial charge on any atom is -0.493 e. The summed E-state index contributed by atoms with van der Waals surface area (Å²) in [6.45, 7) is 2.61. The van der Waals surface area contributed by atoms with Crippen LogP contribution >= 0.6 is 11.6 Å². The van der Waals surface area contributed by atoms with Gasteiger partial charge >= 0.3 is 0 Å². The SMILES string of the molecule is CCCOc1c(/C=C/C(=O)Cl)cccc1OC. The molecular formula is C13H15ClO3. The summed E-state index contributed by atoms with van der Waals surface area (Å²) in [5, 5.41) is -0.519. The molecule has 92 valence electrons. The molecule has 1 aromatic rings. The molecular weight excluding hydrogens is 240 g/mol. The Morgan fingerprint density at radius 1 is 1.47 bits per heavy atom. The molecule has 0 saturated carbocycles. The van der Waals surface area contributed by atoms with Crippen molar-refractivity contribution in [2.24, 2.45) is 0 Å². The van der Waals surface area contributed by atoms with Gasteiger partial charge < -0.3 is 9.47 Å². The van der Waals surface area contributed by atoms with Gasteiger partial charge in [-0.25, -0.2) is 0 Å². The van der Waals surface area contributed by atoms with Crippen molar-refractivity contribution in [2.75, 3.05) is 13.7 Å². The number of allylic oxidation sites excluding steroid dienone is 1. The lowest BCUT2D eigenvalue weighted by Crippen LogP contribution is -1.99. The smallest absolute Gasteiger partial charge is 0.245 e. The molecule has 0 bridgehead atoms. The Morgan fingerprint density at radius 2 is 2.24 bits per heavy atom. The van der Waals surface area contributed by atoms with Gasteiger partial charge in [0.25, 0.3) is 0 Å². The Hall–Kier alpha value is -1.48. The number of hydrogen-bond donors (Lipinski definition) is 0. The summed E-state index contributed by atoms with van der Waals surface area (Å²) in [7, 11) is 1.58.